The fourth-order valence-electron chi connectivity index (χ4n) is 2.97. The molecule has 24 heavy (non-hydrogen) atoms. The first-order valence-corrected chi connectivity index (χ1v) is 7.77. The number of alkyl halides is 3. The number of ether oxygens (including phenoxy) is 2. The van der Waals surface area contributed by atoms with E-state index in [1.165, 1.54) is 4.57 Å². The smallest absolute Gasteiger partial charge is 0.378 e. The third kappa shape index (κ3) is 2.58. The number of anilines is 1. The summed E-state index contributed by atoms with van der Waals surface area (Å²) in [5.74, 6) is 0.214. The highest BCUT2D eigenvalue weighted by molar-refractivity contribution is 6.28. The summed E-state index contributed by atoms with van der Waals surface area (Å²) in [6, 6.07) is 0. The molecule has 0 bridgehead atoms. The van der Waals surface area contributed by atoms with Gasteiger partial charge in [0.25, 0.3) is 0 Å². The molecule has 2 aliphatic rings. The molecular weight excluding hydrogens is 351 g/mol. The van der Waals surface area contributed by atoms with E-state index in [0.717, 1.165) is 0 Å². The van der Waals surface area contributed by atoms with Crippen molar-refractivity contribution in [3.05, 3.63) is 11.1 Å². The van der Waals surface area contributed by atoms with Crippen molar-refractivity contribution >= 4 is 28.6 Å². The van der Waals surface area contributed by atoms with Crippen molar-refractivity contribution in [2.45, 2.75) is 18.8 Å². The largest absolute Gasteiger partial charge is 0.421 e. The molecule has 0 amide bonds. The van der Waals surface area contributed by atoms with E-state index in [0.29, 0.717) is 43.3 Å². The average Bonchev–Trinajstić information content (AvgIpc) is 2.92. The van der Waals surface area contributed by atoms with E-state index in [9.17, 15) is 13.2 Å². The Bertz CT molecular complexity index is 775. The maximum Gasteiger partial charge on any atom is 0.421 e. The van der Waals surface area contributed by atoms with Gasteiger partial charge in [-0.3, -0.25) is 0 Å². The lowest BCUT2D eigenvalue weighted by atomic mass is 10.3. The second-order valence-corrected chi connectivity index (χ2v) is 5.84. The lowest BCUT2D eigenvalue weighted by Crippen LogP contribution is -2.37. The van der Waals surface area contributed by atoms with Gasteiger partial charge in [0.2, 0.25) is 11.4 Å². The highest BCUT2D eigenvalue weighted by atomic mass is 35.5. The molecule has 1 saturated heterocycles. The molecule has 2 aliphatic heterocycles. The Morgan fingerprint density at radius 1 is 1.04 bits per heavy atom. The molecule has 0 spiro atoms. The molecule has 0 saturated carbocycles. The first kappa shape index (κ1) is 15.9. The first-order chi connectivity index (χ1) is 11.4. The van der Waals surface area contributed by atoms with Crippen LogP contribution >= 0.6 is 11.6 Å². The van der Waals surface area contributed by atoms with Crippen LogP contribution in [0.2, 0.25) is 5.28 Å². The van der Waals surface area contributed by atoms with Crippen LogP contribution in [0, 0.1) is 0 Å². The summed E-state index contributed by atoms with van der Waals surface area (Å²) < 4.78 is 51.2. The minimum Gasteiger partial charge on any atom is -0.378 e. The molecule has 130 valence electrons. The molecule has 1 atom stereocenters. The van der Waals surface area contributed by atoms with Crippen molar-refractivity contribution < 1.29 is 22.6 Å². The lowest BCUT2D eigenvalue weighted by Gasteiger charge is -2.27. The molecule has 11 heteroatoms. The summed E-state index contributed by atoms with van der Waals surface area (Å²) in [5, 5.41) is -0.0262. The van der Waals surface area contributed by atoms with Crippen molar-refractivity contribution in [3.8, 4) is 0 Å². The van der Waals surface area contributed by atoms with Crippen molar-refractivity contribution in [1.82, 2.24) is 19.5 Å². The van der Waals surface area contributed by atoms with Gasteiger partial charge >= 0.3 is 6.18 Å². The summed E-state index contributed by atoms with van der Waals surface area (Å²) in [4.78, 5) is 14.3. The molecule has 4 rings (SSSR count). The van der Waals surface area contributed by atoms with Crippen LogP contribution < -0.4 is 4.90 Å². The van der Waals surface area contributed by atoms with E-state index in [4.69, 9.17) is 21.1 Å². The number of nitrogens with zero attached hydrogens (tertiary/aromatic N) is 5. The van der Waals surface area contributed by atoms with Crippen molar-refractivity contribution in [3.63, 3.8) is 0 Å². The molecule has 7 nitrogen and oxygen atoms in total. The number of aromatic nitrogens is 4. The Kier molecular flexibility index (Phi) is 3.77. The zero-order valence-electron chi connectivity index (χ0n) is 12.4. The van der Waals surface area contributed by atoms with Gasteiger partial charge < -0.3 is 18.9 Å². The Balaban J connectivity index is 1.89. The molecule has 1 fully saturated rings. The number of hydrogen-bond acceptors (Lipinski definition) is 6. The van der Waals surface area contributed by atoms with Crippen LogP contribution in [0.4, 0.5) is 19.0 Å². The quantitative estimate of drug-likeness (QED) is 0.722. The van der Waals surface area contributed by atoms with Gasteiger partial charge in [-0.15, -0.1) is 0 Å². The van der Waals surface area contributed by atoms with E-state index >= 15 is 0 Å². The summed E-state index contributed by atoms with van der Waals surface area (Å²) >= 11 is 5.99. The van der Waals surface area contributed by atoms with Gasteiger partial charge in [0.05, 0.1) is 19.8 Å². The number of fused-ring (bicyclic) bond motifs is 3. The van der Waals surface area contributed by atoms with Crippen LogP contribution in [-0.2, 0) is 16.0 Å². The molecule has 0 radical (unpaired) electrons. The van der Waals surface area contributed by atoms with Gasteiger partial charge in [0, 0.05) is 19.6 Å². The van der Waals surface area contributed by atoms with Crippen molar-refractivity contribution in [2.75, 3.05) is 37.8 Å². The Labute approximate surface area is 139 Å². The lowest BCUT2D eigenvalue weighted by molar-refractivity contribution is -0.233. The molecule has 0 N–H and O–H groups in total. The summed E-state index contributed by atoms with van der Waals surface area (Å²) in [5.41, 5.74) is 0.597. The van der Waals surface area contributed by atoms with E-state index in [1.807, 2.05) is 4.90 Å². The number of rotatable bonds is 1. The minimum atomic E-state index is -4.55. The number of halogens is 4. The molecule has 4 heterocycles. The van der Waals surface area contributed by atoms with Crippen molar-refractivity contribution in [2.24, 2.45) is 0 Å². The molecule has 0 aromatic carbocycles. The standard InChI is InChI=1S/C13H13ClF3N5O2/c14-12-19-9(21-1-4-23-5-2-21)7-10(20-12)22-3-6-24-8(11(22)18-7)13(15,16)17/h8H,1-6H2. The monoisotopic (exact) mass is 363 g/mol. The van der Waals surface area contributed by atoms with E-state index in [1.54, 1.807) is 0 Å². The van der Waals surface area contributed by atoms with Gasteiger partial charge in [0.1, 0.15) is 5.82 Å². The highest BCUT2D eigenvalue weighted by Crippen LogP contribution is 2.39. The third-order valence-electron chi connectivity index (χ3n) is 4.02. The van der Waals surface area contributed by atoms with Crippen LogP contribution in [0.1, 0.15) is 11.9 Å². The Morgan fingerprint density at radius 3 is 2.50 bits per heavy atom. The van der Waals surface area contributed by atoms with Crippen LogP contribution in [0.5, 0.6) is 0 Å². The zero-order valence-corrected chi connectivity index (χ0v) is 13.1. The van der Waals surface area contributed by atoms with Crippen LogP contribution in [-0.4, -0.2) is 58.6 Å². The summed E-state index contributed by atoms with van der Waals surface area (Å²) in [7, 11) is 0. The molecule has 1 unspecified atom stereocenters. The van der Waals surface area contributed by atoms with Gasteiger partial charge in [0.15, 0.2) is 17.0 Å². The summed E-state index contributed by atoms with van der Waals surface area (Å²) in [6.45, 7) is 2.29. The summed E-state index contributed by atoms with van der Waals surface area (Å²) in [6.07, 6.45) is -6.62. The maximum absolute atomic E-state index is 13.2. The van der Waals surface area contributed by atoms with Gasteiger partial charge in [-0.25, -0.2) is 4.98 Å². The van der Waals surface area contributed by atoms with Gasteiger partial charge in [-0.05, 0) is 11.6 Å². The predicted molar refractivity (Wildman–Crippen MR) is 78.1 cm³/mol. The Hall–Kier alpha value is -1.65. The minimum absolute atomic E-state index is 0.0262. The van der Waals surface area contributed by atoms with Crippen LogP contribution in [0.15, 0.2) is 0 Å². The van der Waals surface area contributed by atoms with E-state index in [-0.39, 0.29) is 24.3 Å². The molecule has 2 aromatic heterocycles. The second kappa shape index (κ2) is 5.71. The first-order valence-electron chi connectivity index (χ1n) is 7.40. The topological polar surface area (TPSA) is 65.3 Å². The van der Waals surface area contributed by atoms with Crippen molar-refractivity contribution in [1.29, 1.82) is 0 Å². The van der Waals surface area contributed by atoms with E-state index in [2.05, 4.69) is 15.0 Å². The van der Waals surface area contributed by atoms with Gasteiger partial charge in [-0.2, -0.15) is 23.1 Å². The predicted octanol–water partition coefficient (Wildman–Crippen LogP) is 1.95. The third-order valence-corrected chi connectivity index (χ3v) is 4.19. The van der Waals surface area contributed by atoms with Gasteiger partial charge in [-0.1, -0.05) is 0 Å². The second-order valence-electron chi connectivity index (χ2n) is 5.50. The van der Waals surface area contributed by atoms with E-state index < -0.39 is 12.3 Å². The number of imidazole rings is 1. The average molecular weight is 364 g/mol. The SMILES string of the molecule is FC(F)(F)C1OCCn2c1nc1c(N3CCOCC3)nc(Cl)nc12. The molecular formula is C13H13ClF3N5O2. The number of morpholine rings is 1. The van der Waals surface area contributed by atoms with Crippen LogP contribution in [0.3, 0.4) is 0 Å². The molecule has 2 aromatic rings. The number of hydrogen-bond donors (Lipinski definition) is 0. The fraction of sp³-hybridized carbons (Fsp3) is 0.615. The molecule has 0 aliphatic carbocycles. The fourth-order valence-corrected chi connectivity index (χ4v) is 3.13. The zero-order chi connectivity index (χ0) is 16.9. The Morgan fingerprint density at radius 2 is 1.79 bits per heavy atom. The maximum atomic E-state index is 13.2. The van der Waals surface area contributed by atoms with Crippen LogP contribution in [0.25, 0.3) is 11.2 Å². The highest BCUT2D eigenvalue weighted by Gasteiger charge is 2.47. The normalized spacial score (nSPS) is 22.0.